The van der Waals surface area contributed by atoms with E-state index in [9.17, 15) is 4.79 Å². The molecule has 0 heterocycles. The molecule has 0 bridgehead atoms. The summed E-state index contributed by atoms with van der Waals surface area (Å²) in [5, 5.41) is 3.73. The number of hydrogen-bond acceptors (Lipinski definition) is 2. The molecule has 0 spiro atoms. The van der Waals surface area contributed by atoms with Crippen LogP contribution in [0.1, 0.15) is 45.4 Å². The zero-order chi connectivity index (χ0) is 11.1. The van der Waals surface area contributed by atoms with Gasteiger partial charge in [0, 0.05) is 13.0 Å². The molecule has 15 heavy (non-hydrogen) atoms. The largest absolute Gasteiger partial charge is 0.359 e. The minimum atomic E-state index is -0.139. The van der Waals surface area contributed by atoms with E-state index < -0.39 is 0 Å². The molecule has 3 N–H and O–H groups in total. The molecule has 0 aromatic heterocycles. The normalized spacial score (nSPS) is 17.7. The summed E-state index contributed by atoms with van der Waals surface area (Å²) in [5.74, 6) is -0.139. The van der Waals surface area contributed by atoms with Crippen LogP contribution in [0.3, 0.4) is 0 Å². The molecule has 0 atom stereocenters. The van der Waals surface area contributed by atoms with Crippen molar-refractivity contribution in [3.8, 4) is 0 Å². The lowest BCUT2D eigenvalue weighted by molar-refractivity contribution is -0.119. The van der Waals surface area contributed by atoms with Crippen molar-refractivity contribution < 1.29 is 4.79 Å². The number of nitrogens with one attached hydrogen (secondary N) is 3. The summed E-state index contributed by atoms with van der Waals surface area (Å²) in [5.41, 5.74) is 5.13. The third-order valence-electron chi connectivity index (χ3n) is 2.54. The second-order valence-corrected chi connectivity index (χ2v) is 4.38. The van der Waals surface area contributed by atoms with E-state index in [1.54, 1.807) is 0 Å². The van der Waals surface area contributed by atoms with Crippen LogP contribution >= 0.6 is 12.2 Å². The topological polar surface area (TPSA) is 53.2 Å². The number of rotatable bonds is 1. The molecular weight excluding hydrogens is 210 g/mol. The Morgan fingerprint density at radius 3 is 2.27 bits per heavy atom. The van der Waals surface area contributed by atoms with Gasteiger partial charge < -0.3 is 5.32 Å². The van der Waals surface area contributed by atoms with Crippen LogP contribution in [0.4, 0.5) is 0 Å². The van der Waals surface area contributed by atoms with E-state index in [4.69, 9.17) is 12.2 Å². The first-order valence-electron chi connectivity index (χ1n) is 5.51. The summed E-state index contributed by atoms with van der Waals surface area (Å²) < 4.78 is 0. The summed E-state index contributed by atoms with van der Waals surface area (Å²) in [6, 6.07) is 0.459. The molecule has 0 radical (unpaired) electrons. The fourth-order valence-corrected chi connectivity index (χ4v) is 2.01. The van der Waals surface area contributed by atoms with E-state index in [1.807, 2.05) is 0 Å². The zero-order valence-electron chi connectivity index (χ0n) is 9.14. The third-order valence-corrected chi connectivity index (χ3v) is 2.76. The lowest BCUT2D eigenvalue weighted by Gasteiger charge is -2.18. The van der Waals surface area contributed by atoms with Gasteiger partial charge in [0.1, 0.15) is 0 Å². The quantitative estimate of drug-likeness (QED) is 0.359. The molecule has 0 unspecified atom stereocenters. The second-order valence-electron chi connectivity index (χ2n) is 3.97. The molecule has 0 saturated heterocycles. The first-order valence-corrected chi connectivity index (χ1v) is 5.92. The van der Waals surface area contributed by atoms with Gasteiger partial charge in [-0.3, -0.25) is 15.6 Å². The number of hydrazine groups is 1. The standard InChI is InChI=1S/C10H19N3OS/c1-8(14)12-13-10(15)11-9-6-4-2-3-5-7-9/h9H,2-7H2,1H3,(H,12,14)(H2,11,13,15). The average molecular weight is 229 g/mol. The molecule has 1 rings (SSSR count). The van der Waals surface area contributed by atoms with Gasteiger partial charge in [0.2, 0.25) is 5.91 Å². The Bertz CT molecular complexity index is 225. The lowest BCUT2D eigenvalue weighted by atomic mass is 10.1. The van der Waals surface area contributed by atoms with Crippen LogP contribution in [0, 0.1) is 0 Å². The van der Waals surface area contributed by atoms with Gasteiger partial charge in [-0.05, 0) is 25.1 Å². The molecule has 4 nitrogen and oxygen atoms in total. The number of carbonyl (C=O) groups excluding carboxylic acids is 1. The van der Waals surface area contributed by atoms with Crippen LogP contribution in [-0.4, -0.2) is 17.1 Å². The minimum absolute atomic E-state index is 0.139. The van der Waals surface area contributed by atoms with Crippen molar-refractivity contribution in [3.05, 3.63) is 0 Å². The van der Waals surface area contributed by atoms with Crippen LogP contribution < -0.4 is 16.2 Å². The third kappa shape index (κ3) is 5.57. The van der Waals surface area contributed by atoms with Crippen molar-refractivity contribution in [3.63, 3.8) is 0 Å². The molecule has 1 fully saturated rings. The Labute approximate surface area is 96.2 Å². The highest BCUT2D eigenvalue weighted by Gasteiger charge is 2.12. The van der Waals surface area contributed by atoms with Gasteiger partial charge in [0.15, 0.2) is 5.11 Å². The highest BCUT2D eigenvalue weighted by atomic mass is 32.1. The predicted molar refractivity (Wildman–Crippen MR) is 64.2 cm³/mol. The fraction of sp³-hybridized carbons (Fsp3) is 0.800. The molecule has 1 amide bonds. The maximum Gasteiger partial charge on any atom is 0.235 e. The molecule has 1 saturated carbocycles. The Hall–Kier alpha value is -0.840. The smallest absolute Gasteiger partial charge is 0.235 e. The Kier molecular flexibility index (Phi) is 5.39. The van der Waals surface area contributed by atoms with Crippen molar-refractivity contribution in [2.24, 2.45) is 0 Å². The van der Waals surface area contributed by atoms with E-state index in [1.165, 1.54) is 45.4 Å². The molecule has 5 heteroatoms. The molecule has 0 aromatic carbocycles. The van der Waals surface area contributed by atoms with Crippen molar-refractivity contribution in [1.82, 2.24) is 16.2 Å². The summed E-state index contributed by atoms with van der Waals surface area (Å²) in [4.78, 5) is 10.6. The average Bonchev–Trinajstić information content (AvgIpc) is 2.43. The van der Waals surface area contributed by atoms with Crippen LogP contribution in [0.25, 0.3) is 0 Å². The van der Waals surface area contributed by atoms with Gasteiger partial charge in [-0.1, -0.05) is 25.7 Å². The molecule has 86 valence electrons. The fourth-order valence-electron chi connectivity index (χ4n) is 1.79. The van der Waals surface area contributed by atoms with Crippen LogP contribution in [0.5, 0.6) is 0 Å². The molecule has 0 aliphatic heterocycles. The van der Waals surface area contributed by atoms with E-state index >= 15 is 0 Å². The van der Waals surface area contributed by atoms with E-state index in [-0.39, 0.29) is 5.91 Å². The van der Waals surface area contributed by atoms with E-state index in [0.29, 0.717) is 11.2 Å². The van der Waals surface area contributed by atoms with Crippen molar-refractivity contribution in [2.75, 3.05) is 0 Å². The highest BCUT2D eigenvalue weighted by Crippen LogP contribution is 2.16. The molecular formula is C10H19N3OS. The maximum absolute atomic E-state index is 10.6. The predicted octanol–water partition coefficient (Wildman–Crippen LogP) is 1.22. The summed E-state index contributed by atoms with van der Waals surface area (Å²) in [7, 11) is 0. The molecule has 1 aliphatic carbocycles. The first kappa shape index (κ1) is 12.2. The maximum atomic E-state index is 10.6. The van der Waals surface area contributed by atoms with Gasteiger partial charge in [-0.2, -0.15) is 0 Å². The van der Waals surface area contributed by atoms with Crippen LogP contribution in [-0.2, 0) is 4.79 Å². The Balaban J connectivity index is 2.20. The molecule has 1 aliphatic rings. The van der Waals surface area contributed by atoms with Crippen LogP contribution in [0.2, 0.25) is 0 Å². The number of thiocarbonyl (C=S) groups is 1. The van der Waals surface area contributed by atoms with Crippen molar-refractivity contribution >= 4 is 23.2 Å². The van der Waals surface area contributed by atoms with E-state index in [0.717, 1.165) is 0 Å². The summed E-state index contributed by atoms with van der Waals surface area (Å²) >= 11 is 5.06. The summed E-state index contributed by atoms with van der Waals surface area (Å²) in [6.45, 7) is 1.45. The Morgan fingerprint density at radius 2 is 1.73 bits per heavy atom. The van der Waals surface area contributed by atoms with Crippen molar-refractivity contribution in [2.45, 2.75) is 51.5 Å². The van der Waals surface area contributed by atoms with Gasteiger partial charge >= 0.3 is 0 Å². The SMILES string of the molecule is CC(=O)NNC(=S)NC1CCCCCC1. The van der Waals surface area contributed by atoms with Gasteiger partial charge in [0.05, 0.1) is 0 Å². The van der Waals surface area contributed by atoms with Crippen molar-refractivity contribution in [1.29, 1.82) is 0 Å². The number of carbonyl (C=O) groups is 1. The van der Waals surface area contributed by atoms with Crippen LogP contribution in [0.15, 0.2) is 0 Å². The first-order chi connectivity index (χ1) is 7.18. The van der Waals surface area contributed by atoms with Gasteiger partial charge in [-0.15, -0.1) is 0 Å². The summed E-state index contributed by atoms with van der Waals surface area (Å²) in [6.07, 6.45) is 7.51. The second kappa shape index (κ2) is 6.61. The van der Waals surface area contributed by atoms with Gasteiger partial charge in [-0.25, -0.2) is 0 Å². The zero-order valence-corrected chi connectivity index (χ0v) is 9.95. The number of amides is 1. The Morgan fingerprint density at radius 1 is 1.13 bits per heavy atom. The monoisotopic (exact) mass is 229 g/mol. The lowest BCUT2D eigenvalue weighted by Crippen LogP contribution is -2.49. The number of hydrogen-bond donors (Lipinski definition) is 3. The van der Waals surface area contributed by atoms with Gasteiger partial charge in [0.25, 0.3) is 0 Å². The minimum Gasteiger partial charge on any atom is -0.359 e. The highest BCUT2D eigenvalue weighted by molar-refractivity contribution is 7.80. The van der Waals surface area contributed by atoms with E-state index in [2.05, 4.69) is 16.2 Å². The molecule has 0 aromatic rings.